The summed E-state index contributed by atoms with van der Waals surface area (Å²) in [6.45, 7) is 0. The van der Waals surface area contributed by atoms with Gasteiger partial charge in [-0.1, -0.05) is 11.6 Å². The van der Waals surface area contributed by atoms with Crippen molar-refractivity contribution < 1.29 is 0 Å². The lowest BCUT2D eigenvalue weighted by Gasteiger charge is -1.91. The number of fused-ring (bicyclic) bond motifs is 1. The molecule has 3 nitrogen and oxygen atoms in total. The standard InChI is InChI=1S/C8H4ClN3/c9-7-4-6(5-10)12-8(7)2-1-3-11-12/h1-4H. The smallest absolute Gasteiger partial charge is 0.144 e. The molecule has 0 saturated carbocycles. The molecule has 0 aromatic carbocycles. The monoisotopic (exact) mass is 177 g/mol. The quantitative estimate of drug-likeness (QED) is 0.616. The summed E-state index contributed by atoms with van der Waals surface area (Å²) in [5, 5.41) is 13.2. The first-order chi connectivity index (χ1) is 5.83. The zero-order valence-corrected chi connectivity index (χ0v) is 6.78. The van der Waals surface area contributed by atoms with Gasteiger partial charge in [-0.3, -0.25) is 0 Å². The molecule has 2 heterocycles. The zero-order valence-electron chi connectivity index (χ0n) is 6.03. The van der Waals surface area contributed by atoms with E-state index < -0.39 is 0 Å². The van der Waals surface area contributed by atoms with Gasteiger partial charge in [0.1, 0.15) is 11.8 Å². The molecule has 2 rings (SSSR count). The van der Waals surface area contributed by atoms with Crippen molar-refractivity contribution in [3.05, 3.63) is 35.1 Å². The molecule has 0 aliphatic carbocycles. The minimum Gasteiger partial charge on any atom is -0.222 e. The van der Waals surface area contributed by atoms with Crippen LogP contribution in [-0.4, -0.2) is 9.61 Å². The highest BCUT2D eigenvalue weighted by Gasteiger charge is 2.05. The van der Waals surface area contributed by atoms with Gasteiger partial charge in [0.05, 0.1) is 10.5 Å². The second-order valence-corrected chi connectivity index (χ2v) is 2.72. The molecule has 0 bridgehead atoms. The van der Waals surface area contributed by atoms with E-state index >= 15 is 0 Å². The largest absolute Gasteiger partial charge is 0.222 e. The fourth-order valence-electron chi connectivity index (χ4n) is 1.08. The van der Waals surface area contributed by atoms with Crippen LogP contribution >= 0.6 is 11.6 Å². The highest BCUT2D eigenvalue weighted by molar-refractivity contribution is 6.34. The highest BCUT2D eigenvalue weighted by atomic mass is 35.5. The van der Waals surface area contributed by atoms with Gasteiger partial charge in [0.15, 0.2) is 0 Å². The van der Waals surface area contributed by atoms with E-state index in [9.17, 15) is 0 Å². The number of aromatic nitrogens is 2. The minimum absolute atomic E-state index is 0.454. The molecule has 0 fully saturated rings. The molecule has 2 aromatic heterocycles. The van der Waals surface area contributed by atoms with E-state index in [1.165, 1.54) is 4.52 Å². The second kappa shape index (κ2) is 2.50. The molecule has 58 valence electrons. The Balaban J connectivity index is 2.94. The molecular weight excluding hydrogens is 174 g/mol. The third-order valence-electron chi connectivity index (χ3n) is 1.60. The first-order valence-corrected chi connectivity index (χ1v) is 3.73. The number of nitrogens with zero attached hydrogens (tertiary/aromatic N) is 3. The Morgan fingerprint density at radius 2 is 2.42 bits per heavy atom. The molecule has 0 amide bonds. The maximum absolute atomic E-state index is 8.68. The number of hydrogen-bond donors (Lipinski definition) is 0. The Morgan fingerprint density at radius 1 is 1.58 bits per heavy atom. The zero-order chi connectivity index (χ0) is 8.55. The Kier molecular flexibility index (Phi) is 1.49. The SMILES string of the molecule is N#Cc1cc(Cl)c2cccnn12. The third-order valence-corrected chi connectivity index (χ3v) is 1.90. The van der Waals surface area contributed by atoms with Gasteiger partial charge in [0.2, 0.25) is 0 Å². The van der Waals surface area contributed by atoms with Gasteiger partial charge in [-0.25, -0.2) is 4.52 Å². The van der Waals surface area contributed by atoms with Crippen LogP contribution in [0.4, 0.5) is 0 Å². The van der Waals surface area contributed by atoms with Crippen LogP contribution < -0.4 is 0 Å². The molecule has 0 spiro atoms. The molecule has 4 heteroatoms. The maximum atomic E-state index is 8.68. The average Bonchev–Trinajstić information content (AvgIpc) is 2.44. The highest BCUT2D eigenvalue weighted by Crippen LogP contribution is 2.19. The van der Waals surface area contributed by atoms with Gasteiger partial charge in [0, 0.05) is 6.20 Å². The van der Waals surface area contributed by atoms with Crippen molar-refractivity contribution in [3.8, 4) is 6.07 Å². The first-order valence-electron chi connectivity index (χ1n) is 3.35. The van der Waals surface area contributed by atoms with E-state index in [0.717, 1.165) is 5.52 Å². The first kappa shape index (κ1) is 7.14. The molecule has 0 saturated heterocycles. The summed E-state index contributed by atoms with van der Waals surface area (Å²) >= 11 is 5.84. The van der Waals surface area contributed by atoms with Gasteiger partial charge in [-0.05, 0) is 18.2 Å². The molecule has 2 aromatic rings. The van der Waals surface area contributed by atoms with Crippen molar-refractivity contribution in [3.63, 3.8) is 0 Å². The van der Waals surface area contributed by atoms with Crippen LogP contribution in [0.5, 0.6) is 0 Å². The Bertz CT molecular complexity index is 467. The summed E-state index contributed by atoms with van der Waals surface area (Å²) in [6, 6.07) is 7.20. The molecule has 0 unspecified atom stereocenters. The van der Waals surface area contributed by atoms with Crippen LogP contribution in [0.25, 0.3) is 5.52 Å². The predicted molar refractivity (Wildman–Crippen MR) is 44.9 cm³/mol. The van der Waals surface area contributed by atoms with Gasteiger partial charge in [0.25, 0.3) is 0 Å². The van der Waals surface area contributed by atoms with E-state index in [1.807, 2.05) is 12.1 Å². The molecule has 0 aliphatic rings. The lowest BCUT2D eigenvalue weighted by molar-refractivity contribution is 0.925. The van der Waals surface area contributed by atoms with Crippen LogP contribution in [0.3, 0.4) is 0 Å². The number of hydrogen-bond acceptors (Lipinski definition) is 2. The maximum Gasteiger partial charge on any atom is 0.144 e. The number of halogens is 1. The summed E-state index contributed by atoms with van der Waals surface area (Å²) < 4.78 is 1.52. The van der Waals surface area contributed by atoms with Crippen molar-refractivity contribution >= 4 is 17.1 Å². The minimum atomic E-state index is 0.454. The molecular formula is C8H4ClN3. The molecule has 12 heavy (non-hydrogen) atoms. The molecule has 0 aliphatic heterocycles. The Labute approximate surface area is 73.8 Å². The second-order valence-electron chi connectivity index (χ2n) is 2.31. The fourth-order valence-corrected chi connectivity index (χ4v) is 1.33. The van der Waals surface area contributed by atoms with Crippen molar-refractivity contribution in [1.82, 2.24) is 9.61 Å². The Morgan fingerprint density at radius 3 is 3.17 bits per heavy atom. The summed E-state index contributed by atoms with van der Waals surface area (Å²) in [4.78, 5) is 0. The fraction of sp³-hybridized carbons (Fsp3) is 0. The predicted octanol–water partition coefficient (Wildman–Crippen LogP) is 1.86. The van der Waals surface area contributed by atoms with Crippen LogP contribution in [0.1, 0.15) is 5.69 Å². The summed E-state index contributed by atoms with van der Waals surface area (Å²) in [6.07, 6.45) is 1.62. The Hall–Kier alpha value is -1.53. The van der Waals surface area contributed by atoms with E-state index in [2.05, 4.69) is 5.10 Å². The number of rotatable bonds is 0. The summed E-state index contributed by atoms with van der Waals surface area (Å²) in [5.74, 6) is 0. The van der Waals surface area contributed by atoms with Crippen LogP contribution in [-0.2, 0) is 0 Å². The van der Waals surface area contributed by atoms with E-state index in [1.54, 1.807) is 18.3 Å². The average molecular weight is 178 g/mol. The van der Waals surface area contributed by atoms with E-state index in [4.69, 9.17) is 16.9 Å². The van der Waals surface area contributed by atoms with Crippen molar-refractivity contribution in [2.45, 2.75) is 0 Å². The lowest BCUT2D eigenvalue weighted by atomic mass is 10.4. The molecule has 0 N–H and O–H groups in total. The van der Waals surface area contributed by atoms with Crippen molar-refractivity contribution in [1.29, 1.82) is 5.26 Å². The van der Waals surface area contributed by atoms with E-state index in [0.29, 0.717) is 10.7 Å². The van der Waals surface area contributed by atoms with Gasteiger partial charge < -0.3 is 0 Å². The van der Waals surface area contributed by atoms with Crippen molar-refractivity contribution in [2.75, 3.05) is 0 Å². The summed E-state index contributed by atoms with van der Waals surface area (Å²) in [7, 11) is 0. The summed E-state index contributed by atoms with van der Waals surface area (Å²) in [5.41, 5.74) is 1.21. The van der Waals surface area contributed by atoms with Gasteiger partial charge in [-0.15, -0.1) is 0 Å². The lowest BCUT2D eigenvalue weighted by Crippen LogP contribution is -1.91. The van der Waals surface area contributed by atoms with Crippen molar-refractivity contribution in [2.24, 2.45) is 0 Å². The van der Waals surface area contributed by atoms with Crippen LogP contribution in [0.15, 0.2) is 24.4 Å². The van der Waals surface area contributed by atoms with Gasteiger partial charge >= 0.3 is 0 Å². The molecule has 0 atom stereocenters. The third kappa shape index (κ3) is 0.858. The topological polar surface area (TPSA) is 41.1 Å². The normalized spacial score (nSPS) is 10.0. The molecule has 0 radical (unpaired) electrons. The van der Waals surface area contributed by atoms with Crippen LogP contribution in [0.2, 0.25) is 5.02 Å². The van der Waals surface area contributed by atoms with Crippen LogP contribution in [0, 0.1) is 11.3 Å². The number of nitriles is 1. The van der Waals surface area contributed by atoms with Gasteiger partial charge in [-0.2, -0.15) is 10.4 Å². The van der Waals surface area contributed by atoms with E-state index in [-0.39, 0.29) is 0 Å².